The molecule has 0 unspecified atom stereocenters. The zero-order valence-electron chi connectivity index (χ0n) is 16.0. The van der Waals surface area contributed by atoms with Gasteiger partial charge in [0.05, 0.1) is 7.11 Å². The lowest BCUT2D eigenvalue weighted by molar-refractivity contribution is 0.0691. The lowest BCUT2D eigenvalue weighted by Crippen LogP contribution is -2.38. The van der Waals surface area contributed by atoms with Crippen molar-refractivity contribution in [3.8, 4) is 11.5 Å². The third-order valence-corrected chi connectivity index (χ3v) is 4.81. The second kappa shape index (κ2) is 9.26. The van der Waals surface area contributed by atoms with Crippen LogP contribution in [0.5, 0.6) is 11.5 Å². The Morgan fingerprint density at radius 3 is 2.59 bits per heavy atom. The lowest BCUT2D eigenvalue weighted by atomic mass is 9.99. The first kappa shape index (κ1) is 19.0. The van der Waals surface area contributed by atoms with Gasteiger partial charge < -0.3 is 19.7 Å². The van der Waals surface area contributed by atoms with E-state index >= 15 is 0 Å². The van der Waals surface area contributed by atoms with Gasteiger partial charge in [0, 0.05) is 31.5 Å². The predicted octanol–water partition coefficient (Wildman–Crippen LogP) is 3.45. The van der Waals surface area contributed by atoms with Crippen molar-refractivity contribution < 1.29 is 14.3 Å². The Bertz CT molecular complexity index is 741. The highest BCUT2D eigenvalue weighted by molar-refractivity contribution is 5.93. The maximum Gasteiger partial charge on any atom is 0.272 e. The van der Waals surface area contributed by atoms with Crippen molar-refractivity contribution in [2.45, 2.75) is 19.8 Å². The summed E-state index contributed by atoms with van der Waals surface area (Å²) in [7, 11) is 1.64. The second-order valence-corrected chi connectivity index (χ2v) is 6.86. The van der Waals surface area contributed by atoms with Crippen molar-refractivity contribution in [2.24, 2.45) is 5.92 Å². The molecule has 1 N–H and O–H groups in total. The van der Waals surface area contributed by atoms with Gasteiger partial charge in [-0.15, -0.1) is 0 Å². The van der Waals surface area contributed by atoms with Crippen molar-refractivity contribution in [3.05, 3.63) is 48.3 Å². The summed E-state index contributed by atoms with van der Waals surface area (Å²) in [6.07, 6.45) is 3.80. The molecule has 2 heterocycles. The molecular weight excluding hydrogens is 342 g/mol. The number of ether oxygens (including phenoxy) is 2. The minimum atomic E-state index is 0.0139. The molecule has 6 heteroatoms. The molecule has 6 nitrogen and oxygen atoms in total. The van der Waals surface area contributed by atoms with Crippen LogP contribution >= 0.6 is 0 Å². The number of nitrogens with one attached hydrogen (secondary N) is 1. The minimum absolute atomic E-state index is 0.0139. The van der Waals surface area contributed by atoms with Crippen LogP contribution in [-0.2, 0) is 0 Å². The first-order chi connectivity index (χ1) is 13.2. The standard InChI is InChI=1S/C21H27N3O3/c1-16-8-12-24(13-9-16)21(25)20-15-17(7-10-23-20)22-11-14-27-19-5-3-18(26-2)4-6-19/h3-7,10,15-16H,8-9,11-14H2,1-2H3,(H,22,23). The third kappa shape index (κ3) is 5.36. The van der Waals surface area contributed by atoms with Gasteiger partial charge in [0.2, 0.25) is 0 Å². The maximum absolute atomic E-state index is 12.6. The number of anilines is 1. The summed E-state index contributed by atoms with van der Waals surface area (Å²) in [4.78, 5) is 18.8. The Morgan fingerprint density at radius 1 is 1.19 bits per heavy atom. The zero-order chi connectivity index (χ0) is 19.1. The Balaban J connectivity index is 1.47. The summed E-state index contributed by atoms with van der Waals surface area (Å²) in [6.45, 7) is 5.01. The van der Waals surface area contributed by atoms with E-state index in [1.54, 1.807) is 13.3 Å². The smallest absolute Gasteiger partial charge is 0.272 e. The van der Waals surface area contributed by atoms with Gasteiger partial charge >= 0.3 is 0 Å². The quantitative estimate of drug-likeness (QED) is 0.758. The molecule has 3 rings (SSSR count). The van der Waals surface area contributed by atoms with Crippen LogP contribution in [-0.4, -0.2) is 49.1 Å². The number of hydrogen-bond donors (Lipinski definition) is 1. The van der Waals surface area contributed by atoms with Crippen LogP contribution in [0.2, 0.25) is 0 Å². The van der Waals surface area contributed by atoms with Crippen molar-refractivity contribution in [1.82, 2.24) is 9.88 Å². The van der Waals surface area contributed by atoms with Crippen LogP contribution < -0.4 is 14.8 Å². The number of benzene rings is 1. The van der Waals surface area contributed by atoms with Gasteiger partial charge in [-0.1, -0.05) is 6.92 Å². The molecule has 144 valence electrons. The largest absolute Gasteiger partial charge is 0.497 e. The molecule has 1 amide bonds. The molecule has 0 spiro atoms. The average molecular weight is 369 g/mol. The SMILES string of the molecule is COc1ccc(OCCNc2ccnc(C(=O)N3CCC(C)CC3)c2)cc1. The fourth-order valence-corrected chi connectivity index (χ4v) is 3.07. The van der Waals surface area contributed by atoms with Gasteiger partial charge in [-0.05, 0) is 55.2 Å². The predicted molar refractivity (Wildman–Crippen MR) is 106 cm³/mol. The number of carbonyl (C=O) groups is 1. The summed E-state index contributed by atoms with van der Waals surface area (Å²) in [5, 5.41) is 3.28. The Kier molecular flexibility index (Phi) is 6.52. The fourth-order valence-electron chi connectivity index (χ4n) is 3.07. The number of amides is 1. The van der Waals surface area contributed by atoms with Crippen LogP contribution in [0.3, 0.4) is 0 Å². The van der Waals surface area contributed by atoms with Crippen LogP contribution in [0.15, 0.2) is 42.6 Å². The molecular formula is C21H27N3O3. The summed E-state index contributed by atoms with van der Waals surface area (Å²) in [5.41, 5.74) is 1.36. The van der Waals surface area contributed by atoms with E-state index in [4.69, 9.17) is 9.47 Å². The molecule has 0 aliphatic carbocycles. The highest BCUT2D eigenvalue weighted by Crippen LogP contribution is 2.19. The highest BCUT2D eigenvalue weighted by Gasteiger charge is 2.22. The molecule has 2 aromatic rings. The van der Waals surface area contributed by atoms with Crippen LogP contribution in [0.4, 0.5) is 5.69 Å². The molecule has 27 heavy (non-hydrogen) atoms. The summed E-state index contributed by atoms with van der Waals surface area (Å²) in [5.74, 6) is 2.31. The van der Waals surface area contributed by atoms with E-state index in [2.05, 4.69) is 17.2 Å². The van der Waals surface area contributed by atoms with Crippen LogP contribution in [0.1, 0.15) is 30.3 Å². The van der Waals surface area contributed by atoms with Crippen LogP contribution in [0, 0.1) is 5.92 Å². The van der Waals surface area contributed by atoms with E-state index in [0.717, 1.165) is 43.1 Å². The number of piperidine rings is 1. The Labute approximate surface area is 160 Å². The first-order valence-electron chi connectivity index (χ1n) is 9.42. The van der Waals surface area contributed by atoms with Crippen molar-refractivity contribution in [3.63, 3.8) is 0 Å². The number of aromatic nitrogens is 1. The number of hydrogen-bond acceptors (Lipinski definition) is 5. The van der Waals surface area contributed by atoms with E-state index in [9.17, 15) is 4.79 Å². The van der Waals surface area contributed by atoms with Gasteiger partial charge in [0.15, 0.2) is 0 Å². The van der Waals surface area contributed by atoms with E-state index in [-0.39, 0.29) is 5.91 Å². The van der Waals surface area contributed by atoms with Gasteiger partial charge in [-0.25, -0.2) is 0 Å². The summed E-state index contributed by atoms with van der Waals surface area (Å²) >= 11 is 0. The van der Waals surface area contributed by atoms with Gasteiger partial charge in [-0.2, -0.15) is 0 Å². The topological polar surface area (TPSA) is 63.7 Å². The van der Waals surface area contributed by atoms with Gasteiger partial charge in [-0.3, -0.25) is 9.78 Å². The molecule has 0 radical (unpaired) electrons. The van der Waals surface area contributed by atoms with Crippen molar-refractivity contribution in [2.75, 3.05) is 38.7 Å². The zero-order valence-corrected chi connectivity index (χ0v) is 16.0. The number of pyridine rings is 1. The molecule has 1 fully saturated rings. The molecule has 0 bridgehead atoms. The molecule has 0 atom stereocenters. The van der Waals surface area contributed by atoms with Crippen molar-refractivity contribution in [1.29, 1.82) is 0 Å². The normalized spacial score (nSPS) is 14.7. The molecule has 1 aliphatic heterocycles. The minimum Gasteiger partial charge on any atom is -0.497 e. The lowest BCUT2D eigenvalue weighted by Gasteiger charge is -2.30. The highest BCUT2D eigenvalue weighted by atomic mass is 16.5. The van der Waals surface area contributed by atoms with E-state index in [0.29, 0.717) is 24.8 Å². The van der Waals surface area contributed by atoms with Gasteiger partial charge in [0.1, 0.15) is 23.8 Å². The van der Waals surface area contributed by atoms with E-state index in [1.165, 1.54) is 0 Å². The van der Waals surface area contributed by atoms with Gasteiger partial charge in [0.25, 0.3) is 5.91 Å². The number of likely N-dealkylation sites (tertiary alicyclic amines) is 1. The van der Waals surface area contributed by atoms with Crippen molar-refractivity contribution >= 4 is 11.6 Å². The molecule has 1 aliphatic rings. The number of carbonyl (C=O) groups excluding carboxylic acids is 1. The number of methoxy groups -OCH3 is 1. The first-order valence-corrected chi connectivity index (χ1v) is 9.42. The Morgan fingerprint density at radius 2 is 1.89 bits per heavy atom. The number of rotatable bonds is 7. The van der Waals surface area contributed by atoms with E-state index < -0.39 is 0 Å². The number of nitrogens with zero attached hydrogens (tertiary/aromatic N) is 2. The molecule has 1 saturated heterocycles. The molecule has 0 saturated carbocycles. The molecule has 1 aromatic heterocycles. The monoisotopic (exact) mass is 369 g/mol. The Hall–Kier alpha value is -2.76. The summed E-state index contributed by atoms with van der Waals surface area (Å²) in [6, 6.07) is 11.2. The molecule has 1 aromatic carbocycles. The summed E-state index contributed by atoms with van der Waals surface area (Å²) < 4.78 is 10.8. The fraction of sp³-hybridized carbons (Fsp3) is 0.429. The average Bonchev–Trinajstić information content (AvgIpc) is 2.72. The second-order valence-electron chi connectivity index (χ2n) is 6.86. The maximum atomic E-state index is 12.6. The third-order valence-electron chi connectivity index (χ3n) is 4.81. The van der Waals surface area contributed by atoms with E-state index in [1.807, 2.05) is 41.3 Å². The van der Waals surface area contributed by atoms with Crippen LogP contribution in [0.25, 0.3) is 0 Å².